The minimum atomic E-state index is 0.0358. The van der Waals surface area contributed by atoms with Crippen molar-refractivity contribution in [2.45, 2.75) is 20.3 Å². The lowest BCUT2D eigenvalue weighted by Crippen LogP contribution is -2.29. The van der Waals surface area contributed by atoms with Gasteiger partial charge in [-0.1, -0.05) is 13.8 Å². The average Bonchev–Trinajstić information content (AvgIpc) is 3.04. The molecule has 1 aliphatic rings. The molecule has 1 unspecified atom stereocenters. The molecular weight excluding hydrogens is 272 g/mol. The van der Waals surface area contributed by atoms with Crippen LogP contribution in [0.1, 0.15) is 29.9 Å². The highest BCUT2D eigenvalue weighted by atomic mass is 32.1. The fraction of sp³-hybridized carbons (Fsp3) is 0.500. The minimum Gasteiger partial charge on any atom is -0.397 e. The Kier molecular flexibility index (Phi) is 3.33. The van der Waals surface area contributed by atoms with E-state index in [1.165, 1.54) is 11.3 Å². The number of nitrogen functional groups attached to an aromatic ring is 1. The highest BCUT2D eigenvalue weighted by molar-refractivity contribution is 7.21. The number of nitrogens with two attached hydrogens (primary N) is 1. The second-order valence-electron chi connectivity index (χ2n) is 5.64. The molecule has 2 aromatic rings. The molecule has 0 radical (unpaired) electrons. The Morgan fingerprint density at radius 2 is 2.35 bits per heavy atom. The largest absolute Gasteiger partial charge is 0.397 e. The predicted octanol–water partition coefficient (Wildman–Crippen LogP) is 2.39. The Hall–Kier alpha value is -1.69. The number of hydrogen-bond acceptors (Lipinski definition) is 5. The van der Waals surface area contributed by atoms with E-state index in [2.05, 4.69) is 24.0 Å². The minimum absolute atomic E-state index is 0.0358. The van der Waals surface area contributed by atoms with Crippen LogP contribution in [0.25, 0.3) is 10.2 Å². The first-order valence-corrected chi connectivity index (χ1v) is 7.68. The van der Waals surface area contributed by atoms with E-state index in [0.717, 1.165) is 29.7 Å². The molecule has 1 fully saturated rings. The van der Waals surface area contributed by atoms with Crippen molar-refractivity contribution in [2.24, 2.45) is 11.8 Å². The van der Waals surface area contributed by atoms with Crippen molar-refractivity contribution >= 4 is 33.1 Å². The fourth-order valence-corrected chi connectivity index (χ4v) is 3.70. The summed E-state index contributed by atoms with van der Waals surface area (Å²) in [6.45, 7) is 6.07. The number of thiophene rings is 1. The van der Waals surface area contributed by atoms with Crippen LogP contribution in [0.5, 0.6) is 0 Å². The molecule has 1 saturated heterocycles. The molecule has 3 rings (SSSR count). The molecule has 1 atom stereocenters. The van der Waals surface area contributed by atoms with Gasteiger partial charge in [0.1, 0.15) is 9.71 Å². The fourth-order valence-electron chi connectivity index (χ4n) is 2.69. The summed E-state index contributed by atoms with van der Waals surface area (Å²) in [4.78, 5) is 15.9. The Bertz CT molecular complexity index is 652. The summed E-state index contributed by atoms with van der Waals surface area (Å²) >= 11 is 1.34. The zero-order chi connectivity index (χ0) is 14.3. The maximum Gasteiger partial charge on any atom is 0.266 e. The van der Waals surface area contributed by atoms with Crippen LogP contribution < -0.4 is 5.73 Å². The van der Waals surface area contributed by atoms with E-state index in [1.807, 2.05) is 11.0 Å². The number of aromatic nitrogens is 2. The van der Waals surface area contributed by atoms with Crippen LogP contribution in [-0.2, 0) is 0 Å². The van der Waals surface area contributed by atoms with Crippen molar-refractivity contribution in [1.29, 1.82) is 0 Å². The first kappa shape index (κ1) is 13.3. The maximum absolute atomic E-state index is 12.6. The van der Waals surface area contributed by atoms with Gasteiger partial charge in [-0.15, -0.1) is 16.4 Å². The third kappa shape index (κ3) is 2.14. The van der Waals surface area contributed by atoms with Gasteiger partial charge in [0.05, 0.1) is 11.9 Å². The number of nitrogens with zero attached hydrogens (tertiary/aromatic N) is 3. The molecule has 1 aliphatic heterocycles. The third-order valence-corrected chi connectivity index (χ3v) is 5.16. The van der Waals surface area contributed by atoms with E-state index >= 15 is 0 Å². The molecule has 5 nitrogen and oxygen atoms in total. The number of anilines is 1. The number of fused-ring (bicyclic) bond motifs is 1. The predicted molar refractivity (Wildman–Crippen MR) is 80.7 cm³/mol. The Balaban J connectivity index is 1.88. The summed E-state index contributed by atoms with van der Waals surface area (Å²) in [5.41, 5.74) is 6.64. The van der Waals surface area contributed by atoms with Gasteiger partial charge in [0.2, 0.25) is 0 Å². The van der Waals surface area contributed by atoms with E-state index in [-0.39, 0.29) is 5.91 Å². The van der Waals surface area contributed by atoms with Crippen molar-refractivity contribution < 1.29 is 4.79 Å². The Morgan fingerprint density at radius 3 is 3.00 bits per heavy atom. The lowest BCUT2D eigenvalue weighted by atomic mass is 9.95. The summed E-state index contributed by atoms with van der Waals surface area (Å²) < 4.78 is 0. The number of carbonyl (C=O) groups is 1. The second kappa shape index (κ2) is 5.01. The van der Waals surface area contributed by atoms with Crippen molar-refractivity contribution in [3.63, 3.8) is 0 Å². The summed E-state index contributed by atoms with van der Waals surface area (Å²) in [6, 6.07) is 1.81. The zero-order valence-corrected chi connectivity index (χ0v) is 12.5. The number of likely N-dealkylation sites (tertiary alicyclic amines) is 1. The summed E-state index contributed by atoms with van der Waals surface area (Å²) in [5, 5.41) is 8.70. The third-order valence-electron chi connectivity index (χ3n) is 4.07. The summed E-state index contributed by atoms with van der Waals surface area (Å²) in [7, 11) is 0. The zero-order valence-electron chi connectivity index (χ0n) is 11.7. The molecule has 2 aromatic heterocycles. The molecule has 1 amide bonds. The van der Waals surface area contributed by atoms with Crippen LogP contribution in [0, 0.1) is 11.8 Å². The molecule has 6 heteroatoms. The van der Waals surface area contributed by atoms with Crippen LogP contribution in [0.2, 0.25) is 0 Å². The van der Waals surface area contributed by atoms with Crippen LogP contribution >= 0.6 is 11.3 Å². The van der Waals surface area contributed by atoms with Gasteiger partial charge in [-0.05, 0) is 24.3 Å². The number of rotatable bonds is 2. The molecule has 106 valence electrons. The normalized spacial score (nSPS) is 19.1. The van der Waals surface area contributed by atoms with E-state index in [4.69, 9.17) is 5.73 Å². The molecule has 0 aromatic carbocycles. The van der Waals surface area contributed by atoms with Gasteiger partial charge >= 0.3 is 0 Å². The highest BCUT2D eigenvalue weighted by Gasteiger charge is 2.30. The first-order valence-electron chi connectivity index (χ1n) is 6.87. The average molecular weight is 290 g/mol. The standard InChI is InChI=1S/C14H18N4OS/c1-8(2)9-4-6-18(7-9)14(19)12-11(15)10-3-5-16-17-13(10)20-12/h3,5,8-9H,4,6-7,15H2,1-2H3. The Labute approximate surface area is 121 Å². The van der Waals surface area contributed by atoms with Gasteiger partial charge in [0.25, 0.3) is 5.91 Å². The molecule has 0 spiro atoms. The lowest BCUT2D eigenvalue weighted by Gasteiger charge is -2.17. The van der Waals surface area contributed by atoms with Gasteiger partial charge in [0.15, 0.2) is 0 Å². The number of carbonyl (C=O) groups excluding carboxylic acids is 1. The summed E-state index contributed by atoms with van der Waals surface area (Å²) in [5.74, 6) is 1.24. The van der Waals surface area contributed by atoms with E-state index in [0.29, 0.717) is 22.4 Å². The highest BCUT2D eigenvalue weighted by Crippen LogP contribution is 2.34. The van der Waals surface area contributed by atoms with Gasteiger partial charge in [-0.2, -0.15) is 5.10 Å². The molecule has 20 heavy (non-hydrogen) atoms. The maximum atomic E-state index is 12.6. The number of amides is 1. The number of hydrogen-bond donors (Lipinski definition) is 1. The first-order chi connectivity index (χ1) is 9.58. The Morgan fingerprint density at radius 1 is 1.55 bits per heavy atom. The second-order valence-corrected chi connectivity index (χ2v) is 6.64. The van der Waals surface area contributed by atoms with Gasteiger partial charge in [-0.25, -0.2) is 0 Å². The quantitative estimate of drug-likeness (QED) is 0.921. The topological polar surface area (TPSA) is 72.1 Å². The van der Waals surface area contributed by atoms with Crippen molar-refractivity contribution in [2.75, 3.05) is 18.8 Å². The van der Waals surface area contributed by atoms with Crippen molar-refractivity contribution in [3.05, 3.63) is 17.1 Å². The van der Waals surface area contributed by atoms with Crippen molar-refractivity contribution in [1.82, 2.24) is 15.1 Å². The van der Waals surface area contributed by atoms with Gasteiger partial charge in [0, 0.05) is 18.5 Å². The van der Waals surface area contributed by atoms with Gasteiger partial charge in [-0.3, -0.25) is 4.79 Å². The molecule has 2 N–H and O–H groups in total. The van der Waals surface area contributed by atoms with E-state index < -0.39 is 0 Å². The molecule has 0 bridgehead atoms. The molecule has 0 saturated carbocycles. The summed E-state index contributed by atoms with van der Waals surface area (Å²) in [6.07, 6.45) is 2.68. The lowest BCUT2D eigenvalue weighted by molar-refractivity contribution is 0.0790. The van der Waals surface area contributed by atoms with E-state index in [9.17, 15) is 4.79 Å². The molecule has 0 aliphatic carbocycles. The monoisotopic (exact) mass is 290 g/mol. The van der Waals surface area contributed by atoms with Crippen LogP contribution in [0.3, 0.4) is 0 Å². The van der Waals surface area contributed by atoms with E-state index in [1.54, 1.807) is 6.20 Å². The van der Waals surface area contributed by atoms with Crippen LogP contribution in [-0.4, -0.2) is 34.1 Å². The van der Waals surface area contributed by atoms with Crippen LogP contribution in [0.15, 0.2) is 12.3 Å². The molecule has 3 heterocycles. The van der Waals surface area contributed by atoms with Gasteiger partial charge < -0.3 is 10.6 Å². The smallest absolute Gasteiger partial charge is 0.266 e. The van der Waals surface area contributed by atoms with Crippen molar-refractivity contribution in [3.8, 4) is 0 Å². The molecular formula is C14H18N4OS. The SMILES string of the molecule is CC(C)C1CCN(C(=O)c2sc3nnccc3c2N)C1. The van der Waals surface area contributed by atoms with Crippen LogP contribution in [0.4, 0.5) is 5.69 Å².